The molecule has 0 spiro atoms. The van der Waals surface area contributed by atoms with E-state index >= 15 is 0 Å². The average Bonchev–Trinajstić information content (AvgIpc) is 3.12. The van der Waals surface area contributed by atoms with Crippen LogP contribution in [0.1, 0.15) is 35.6 Å². The number of nitrogens with one attached hydrogen (secondary N) is 1. The normalized spacial score (nSPS) is 13.9. The van der Waals surface area contributed by atoms with Crippen LogP contribution in [-0.2, 0) is 0 Å². The Kier molecular flexibility index (Phi) is 5.14. The van der Waals surface area contributed by atoms with Crippen LogP contribution in [0.2, 0.25) is 0 Å². The zero-order valence-corrected chi connectivity index (χ0v) is 13.4. The number of rotatable bonds is 6. The van der Waals surface area contributed by atoms with E-state index in [4.69, 9.17) is 0 Å². The smallest absolute Gasteiger partial charge is 0.263 e. The number of carbonyl (C=O) groups is 1. The molecule has 0 unspecified atom stereocenters. The fourth-order valence-corrected chi connectivity index (χ4v) is 2.99. The van der Waals surface area contributed by atoms with E-state index in [0.717, 1.165) is 11.6 Å². The van der Waals surface area contributed by atoms with Crippen molar-refractivity contribution in [2.45, 2.75) is 33.2 Å². The third kappa shape index (κ3) is 3.51. The van der Waals surface area contributed by atoms with Crippen LogP contribution in [0.4, 0.5) is 0 Å². The molecule has 21 heavy (non-hydrogen) atoms. The van der Waals surface area contributed by atoms with Crippen LogP contribution in [0.5, 0.6) is 0 Å². The molecule has 0 radical (unpaired) electrons. The number of aliphatic hydroxyl groups is 1. The zero-order valence-electron chi connectivity index (χ0n) is 12.5. The number of carbonyl (C=O) groups excluding carboxylic acids is 1. The first-order valence-electron chi connectivity index (χ1n) is 7.09. The minimum atomic E-state index is -0.223. The first kappa shape index (κ1) is 15.7. The van der Waals surface area contributed by atoms with Crippen molar-refractivity contribution in [1.29, 1.82) is 0 Å². The maximum absolute atomic E-state index is 12.4. The van der Waals surface area contributed by atoms with Crippen molar-refractivity contribution in [3.63, 3.8) is 0 Å². The summed E-state index contributed by atoms with van der Waals surface area (Å²) >= 11 is 1.36. The van der Waals surface area contributed by atoms with E-state index in [2.05, 4.69) is 10.3 Å². The van der Waals surface area contributed by atoms with Gasteiger partial charge in [-0.1, -0.05) is 31.6 Å². The lowest BCUT2D eigenvalue weighted by molar-refractivity contribution is 0.0895. The number of aliphatic hydroxyl groups excluding tert-OH is 1. The Balaban J connectivity index is 2.16. The zero-order chi connectivity index (χ0) is 15.4. The second-order valence-electron chi connectivity index (χ2n) is 5.15. The summed E-state index contributed by atoms with van der Waals surface area (Å²) in [6.07, 6.45) is 4.70. The van der Waals surface area contributed by atoms with Crippen LogP contribution in [0, 0.1) is 12.8 Å². The lowest BCUT2D eigenvalue weighted by Gasteiger charge is -2.21. The van der Waals surface area contributed by atoms with Gasteiger partial charge in [0.2, 0.25) is 0 Å². The number of aryl methyl sites for hydroxylation is 1. The molecule has 2 heterocycles. The van der Waals surface area contributed by atoms with E-state index in [-0.39, 0.29) is 24.5 Å². The summed E-state index contributed by atoms with van der Waals surface area (Å²) in [6, 6.07) is 3.61. The molecule has 0 aliphatic carbocycles. The van der Waals surface area contributed by atoms with Crippen LogP contribution in [-0.4, -0.2) is 33.2 Å². The molecule has 114 valence electrons. The van der Waals surface area contributed by atoms with E-state index < -0.39 is 0 Å². The Bertz CT molecular complexity index is 592. The first-order chi connectivity index (χ1) is 10.1. The molecule has 6 heteroatoms. The van der Waals surface area contributed by atoms with Gasteiger partial charge in [-0.25, -0.2) is 4.98 Å². The molecule has 0 aliphatic heterocycles. The van der Waals surface area contributed by atoms with Crippen LogP contribution in [0.3, 0.4) is 0 Å². The van der Waals surface area contributed by atoms with Crippen molar-refractivity contribution in [2.24, 2.45) is 5.92 Å². The summed E-state index contributed by atoms with van der Waals surface area (Å²) in [5.74, 6) is 0.0684. The molecule has 2 N–H and O–H groups in total. The summed E-state index contributed by atoms with van der Waals surface area (Å²) in [6.45, 7) is 5.84. The quantitative estimate of drug-likeness (QED) is 0.861. The van der Waals surface area contributed by atoms with Gasteiger partial charge in [0.25, 0.3) is 5.91 Å². The highest BCUT2D eigenvalue weighted by Gasteiger charge is 2.21. The highest BCUT2D eigenvalue weighted by atomic mass is 32.1. The summed E-state index contributed by atoms with van der Waals surface area (Å²) in [5, 5.41) is 13.1. The minimum absolute atomic E-state index is 0.0525. The van der Waals surface area contributed by atoms with Crippen LogP contribution in [0.15, 0.2) is 24.5 Å². The molecule has 1 amide bonds. The minimum Gasteiger partial charge on any atom is -0.394 e. The van der Waals surface area contributed by atoms with Gasteiger partial charge in [-0.2, -0.15) is 0 Å². The second-order valence-corrected chi connectivity index (χ2v) is 6.13. The van der Waals surface area contributed by atoms with Gasteiger partial charge >= 0.3 is 0 Å². The summed E-state index contributed by atoms with van der Waals surface area (Å²) in [4.78, 5) is 17.4. The van der Waals surface area contributed by atoms with Crippen LogP contribution in [0.25, 0.3) is 5.13 Å². The molecule has 0 bridgehead atoms. The van der Waals surface area contributed by atoms with Gasteiger partial charge in [-0.15, -0.1) is 0 Å². The first-order valence-corrected chi connectivity index (χ1v) is 7.91. The van der Waals surface area contributed by atoms with Gasteiger partial charge < -0.3 is 15.0 Å². The van der Waals surface area contributed by atoms with Gasteiger partial charge in [-0.05, 0) is 25.0 Å². The molecule has 0 aliphatic rings. The largest absolute Gasteiger partial charge is 0.394 e. The second kappa shape index (κ2) is 6.87. The van der Waals surface area contributed by atoms with E-state index in [1.165, 1.54) is 11.3 Å². The third-order valence-corrected chi connectivity index (χ3v) is 4.83. The molecule has 0 saturated heterocycles. The summed E-state index contributed by atoms with van der Waals surface area (Å²) in [7, 11) is 0. The molecule has 0 saturated carbocycles. The van der Waals surface area contributed by atoms with Crippen molar-refractivity contribution in [3.8, 4) is 5.13 Å². The fourth-order valence-electron chi connectivity index (χ4n) is 2.05. The summed E-state index contributed by atoms with van der Waals surface area (Å²) in [5.41, 5.74) is 0.710. The molecule has 0 fully saturated rings. The Morgan fingerprint density at radius 3 is 2.71 bits per heavy atom. The lowest BCUT2D eigenvalue weighted by atomic mass is 10.00. The molecule has 2 atom stereocenters. The standard InChI is InChI=1S/C15H21N3O2S/c1-4-10(2)12(9-19)17-14(20)13-11(3)16-15(21-13)18-7-5-6-8-18/h5-8,10,12,19H,4,9H2,1-3H3,(H,17,20)/t10-,12-/m0/s1. The molecular formula is C15H21N3O2S. The van der Waals surface area contributed by atoms with E-state index in [9.17, 15) is 9.90 Å². The number of amides is 1. The Morgan fingerprint density at radius 1 is 1.48 bits per heavy atom. The van der Waals surface area contributed by atoms with E-state index in [1.54, 1.807) is 0 Å². The number of hydrogen-bond donors (Lipinski definition) is 2. The number of thiazole rings is 1. The predicted molar refractivity (Wildman–Crippen MR) is 84.0 cm³/mol. The maximum atomic E-state index is 12.4. The van der Waals surface area contributed by atoms with Crippen LogP contribution < -0.4 is 5.32 Å². The lowest BCUT2D eigenvalue weighted by Crippen LogP contribution is -2.41. The SMILES string of the molecule is CC[C@H](C)[C@H](CO)NC(=O)c1sc(-n2cccc2)nc1C. The van der Waals surface area contributed by atoms with E-state index in [1.807, 2.05) is 49.9 Å². The predicted octanol–water partition coefficient (Wildman–Crippen LogP) is 2.38. The maximum Gasteiger partial charge on any atom is 0.263 e. The molecule has 0 aromatic carbocycles. The van der Waals surface area contributed by atoms with Crippen LogP contribution >= 0.6 is 11.3 Å². The van der Waals surface area contributed by atoms with Gasteiger partial charge in [0.15, 0.2) is 5.13 Å². The molecule has 2 aromatic heterocycles. The van der Waals surface area contributed by atoms with E-state index in [0.29, 0.717) is 10.6 Å². The van der Waals surface area contributed by atoms with Gasteiger partial charge in [0, 0.05) is 12.4 Å². The van der Waals surface area contributed by atoms with Crippen molar-refractivity contribution < 1.29 is 9.90 Å². The summed E-state index contributed by atoms with van der Waals surface area (Å²) < 4.78 is 1.88. The van der Waals surface area contributed by atoms with Gasteiger partial charge in [-0.3, -0.25) is 4.79 Å². The van der Waals surface area contributed by atoms with Crippen molar-refractivity contribution in [2.75, 3.05) is 6.61 Å². The molecule has 5 nitrogen and oxygen atoms in total. The molecular weight excluding hydrogens is 286 g/mol. The Hall–Kier alpha value is -1.66. The highest BCUT2D eigenvalue weighted by molar-refractivity contribution is 7.16. The molecule has 2 rings (SSSR count). The van der Waals surface area contributed by atoms with Crippen molar-refractivity contribution in [3.05, 3.63) is 35.1 Å². The monoisotopic (exact) mass is 307 g/mol. The topological polar surface area (TPSA) is 67.2 Å². The van der Waals surface area contributed by atoms with Crippen molar-refractivity contribution in [1.82, 2.24) is 14.9 Å². The Morgan fingerprint density at radius 2 is 2.14 bits per heavy atom. The van der Waals surface area contributed by atoms with Gasteiger partial charge in [0.05, 0.1) is 18.3 Å². The number of nitrogens with zero attached hydrogens (tertiary/aromatic N) is 2. The third-order valence-electron chi connectivity index (χ3n) is 3.66. The fraction of sp³-hybridized carbons (Fsp3) is 0.467. The highest BCUT2D eigenvalue weighted by Crippen LogP contribution is 2.22. The van der Waals surface area contributed by atoms with Gasteiger partial charge in [0.1, 0.15) is 4.88 Å². The Labute approximate surface area is 128 Å². The molecule has 2 aromatic rings. The average molecular weight is 307 g/mol. The number of hydrogen-bond acceptors (Lipinski definition) is 4. The number of aromatic nitrogens is 2. The van der Waals surface area contributed by atoms with Crippen molar-refractivity contribution >= 4 is 17.2 Å².